The van der Waals surface area contributed by atoms with Crippen LogP contribution in [-0.4, -0.2) is 54.7 Å². The van der Waals surface area contributed by atoms with Gasteiger partial charge in [0, 0.05) is 32.7 Å². The maximum Gasteiger partial charge on any atom is 0.306 e. The third kappa shape index (κ3) is 3.41. The van der Waals surface area contributed by atoms with Crippen molar-refractivity contribution in [3.05, 3.63) is 0 Å². The molecule has 98 valence electrons. The van der Waals surface area contributed by atoms with Crippen LogP contribution in [0.3, 0.4) is 0 Å². The standard InChI is InChI=1S/C11H20N2O4/c1-7(11(15)16)8-5-13(6-8)10(14)3-9(4-12)17-2/h7-9H,3-6,12H2,1-2H3,(H,15,16). The van der Waals surface area contributed by atoms with Crippen LogP contribution in [-0.2, 0) is 14.3 Å². The Morgan fingerprint density at radius 2 is 2.12 bits per heavy atom. The summed E-state index contributed by atoms with van der Waals surface area (Å²) in [6.45, 7) is 3.03. The van der Waals surface area contributed by atoms with E-state index in [-0.39, 0.29) is 24.3 Å². The molecule has 0 radical (unpaired) electrons. The van der Waals surface area contributed by atoms with Crippen LogP contribution in [0.5, 0.6) is 0 Å². The second-order valence-electron chi connectivity index (χ2n) is 4.48. The number of amides is 1. The van der Waals surface area contributed by atoms with E-state index in [9.17, 15) is 9.59 Å². The predicted molar refractivity (Wildman–Crippen MR) is 61.3 cm³/mol. The quantitative estimate of drug-likeness (QED) is 0.659. The molecule has 0 saturated carbocycles. The molecular weight excluding hydrogens is 224 g/mol. The average molecular weight is 244 g/mol. The third-order valence-electron chi connectivity index (χ3n) is 3.36. The summed E-state index contributed by atoms with van der Waals surface area (Å²) in [5, 5.41) is 8.82. The maximum atomic E-state index is 11.7. The topological polar surface area (TPSA) is 92.9 Å². The van der Waals surface area contributed by atoms with Crippen molar-refractivity contribution in [1.82, 2.24) is 4.90 Å². The van der Waals surface area contributed by atoms with Crippen molar-refractivity contribution < 1.29 is 19.4 Å². The lowest BCUT2D eigenvalue weighted by Crippen LogP contribution is -2.54. The summed E-state index contributed by atoms with van der Waals surface area (Å²) in [5.41, 5.74) is 5.43. The number of ether oxygens (including phenoxy) is 1. The van der Waals surface area contributed by atoms with Gasteiger partial charge in [-0.3, -0.25) is 9.59 Å². The van der Waals surface area contributed by atoms with E-state index in [1.165, 1.54) is 7.11 Å². The van der Waals surface area contributed by atoms with Gasteiger partial charge in [0.25, 0.3) is 0 Å². The van der Waals surface area contributed by atoms with E-state index < -0.39 is 11.9 Å². The summed E-state index contributed by atoms with van der Waals surface area (Å²) in [7, 11) is 1.52. The van der Waals surface area contributed by atoms with Crippen LogP contribution < -0.4 is 5.73 Å². The molecule has 2 atom stereocenters. The molecule has 0 aromatic rings. The normalized spacial score (nSPS) is 19.6. The van der Waals surface area contributed by atoms with E-state index in [2.05, 4.69) is 0 Å². The van der Waals surface area contributed by atoms with Crippen molar-refractivity contribution in [1.29, 1.82) is 0 Å². The van der Waals surface area contributed by atoms with Crippen molar-refractivity contribution in [3.63, 3.8) is 0 Å². The van der Waals surface area contributed by atoms with Gasteiger partial charge in [-0.05, 0) is 0 Å². The van der Waals surface area contributed by atoms with Gasteiger partial charge in [-0.25, -0.2) is 0 Å². The highest BCUT2D eigenvalue weighted by atomic mass is 16.5. The Hall–Kier alpha value is -1.14. The van der Waals surface area contributed by atoms with E-state index in [0.717, 1.165) is 0 Å². The zero-order valence-corrected chi connectivity index (χ0v) is 10.3. The molecule has 0 aromatic carbocycles. The number of carbonyl (C=O) groups is 2. The first kappa shape index (κ1) is 13.9. The van der Waals surface area contributed by atoms with Crippen molar-refractivity contribution >= 4 is 11.9 Å². The van der Waals surface area contributed by atoms with E-state index in [1.54, 1.807) is 11.8 Å². The fourth-order valence-corrected chi connectivity index (χ4v) is 1.82. The molecule has 1 aliphatic rings. The first-order valence-corrected chi connectivity index (χ1v) is 5.73. The first-order valence-electron chi connectivity index (χ1n) is 5.73. The smallest absolute Gasteiger partial charge is 0.306 e. The minimum Gasteiger partial charge on any atom is -0.481 e. The fraction of sp³-hybridized carbons (Fsp3) is 0.818. The molecule has 1 fully saturated rings. The molecule has 3 N–H and O–H groups in total. The molecule has 0 spiro atoms. The highest BCUT2D eigenvalue weighted by Crippen LogP contribution is 2.24. The number of hydrogen-bond acceptors (Lipinski definition) is 4. The number of carboxylic acid groups (broad SMARTS) is 1. The highest BCUT2D eigenvalue weighted by molar-refractivity contribution is 5.78. The molecule has 6 nitrogen and oxygen atoms in total. The van der Waals surface area contributed by atoms with E-state index >= 15 is 0 Å². The Bertz CT molecular complexity index is 285. The van der Waals surface area contributed by atoms with Crippen molar-refractivity contribution in [2.24, 2.45) is 17.6 Å². The Balaban J connectivity index is 2.32. The molecule has 1 heterocycles. The Morgan fingerprint density at radius 1 is 1.53 bits per heavy atom. The predicted octanol–water partition coefficient (Wildman–Crippen LogP) is -0.471. The first-order chi connectivity index (χ1) is 7.99. The van der Waals surface area contributed by atoms with Crippen molar-refractivity contribution in [2.45, 2.75) is 19.4 Å². The minimum absolute atomic E-state index is 0.0175. The summed E-state index contributed by atoms with van der Waals surface area (Å²) in [4.78, 5) is 24.1. The summed E-state index contributed by atoms with van der Waals surface area (Å²) in [6.07, 6.45) is 0.0136. The van der Waals surface area contributed by atoms with Gasteiger partial charge in [0.2, 0.25) is 5.91 Å². The summed E-state index contributed by atoms with van der Waals surface area (Å²) in [5.74, 6) is -1.16. The van der Waals surface area contributed by atoms with Gasteiger partial charge in [-0.1, -0.05) is 6.92 Å². The van der Waals surface area contributed by atoms with Crippen LogP contribution in [0.25, 0.3) is 0 Å². The number of hydrogen-bond donors (Lipinski definition) is 2. The summed E-state index contributed by atoms with van der Waals surface area (Å²) < 4.78 is 5.03. The number of methoxy groups -OCH3 is 1. The zero-order chi connectivity index (χ0) is 13.0. The van der Waals surface area contributed by atoms with Crippen LogP contribution in [0.2, 0.25) is 0 Å². The Kier molecular flexibility index (Phi) is 4.89. The minimum atomic E-state index is -0.807. The number of nitrogens with two attached hydrogens (primary N) is 1. The molecule has 0 bridgehead atoms. The molecule has 0 aliphatic carbocycles. The SMILES string of the molecule is COC(CN)CC(=O)N1CC(C(C)C(=O)O)C1. The second kappa shape index (κ2) is 5.97. The number of nitrogens with zero attached hydrogens (tertiary/aromatic N) is 1. The van der Waals surface area contributed by atoms with Crippen LogP contribution in [0.1, 0.15) is 13.3 Å². The number of rotatable bonds is 6. The lowest BCUT2D eigenvalue weighted by Gasteiger charge is -2.41. The summed E-state index contributed by atoms with van der Waals surface area (Å²) in [6, 6.07) is 0. The number of carbonyl (C=O) groups excluding carboxylic acids is 1. The van der Waals surface area contributed by atoms with Crippen LogP contribution in [0, 0.1) is 11.8 Å². The van der Waals surface area contributed by atoms with Gasteiger partial charge in [0.15, 0.2) is 0 Å². The maximum absolute atomic E-state index is 11.7. The molecule has 17 heavy (non-hydrogen) atoms. The van der Waals surface area contributed by atoms with Crippen molar-refractivity contribution in [2.75, 3.05) is 26.7 Å². The molecule has 6 heteroatoms. The molecule has 1 rings (SSSR count). The lowest BCUT2D eigenvalue weighted by molar-refractivity contribution is -0.151. The second-order valence-corrected chi connectivity index (χ2v) is 4.48. The van der Waals surface area contributed by atoms with Crippen LogP contribution >= 0.6 is 0 Å². The largest absolute Gasteiger partial charge is 0.481 e. The highest BCUT2D eigenvalue weighted by Gasteiger charge is 2.37. The van der Waals surface area contributed by atoms with Crippen LogP contribution in [0.15, 0.2) is 0 Å². The van der Waals surface area contributed by atoms with E-state index in [1.807, 2.05) is 0 Å². The van der Waals surface area contributed by atoms with Gasteiger partial charge >= 0.3 is 5.97 Å². The number of likely N-dealkylation sites (tertiary alicyclic amines) is 1. The van der Waals surface area contributed by atoms with E-state index in [0.29, 0.717) is 19.6 Å². The van der Waals surface area contributed by atoms with E-state index in [4.69, 9.17) is 15.6 Å². The van der Waals surface area contributed by atoms with Gasteiger partial charge in [0.05, 0.1) is 18.4 Å². The van der Waals surface area contributed by atoms with Gasteiger partial charge in [-0.15, -0.1) is 0 Å². The average Bonchev–Trinajstić information content (AvgIpc) is 2.23. The monoisotopic (exact) mass is 244 g/mol. The number of carboxylic acids is 1. The lowest BCUT2D eigenvalue weighted by atomic mass is 9.87. The summed E-state index contributed by atoms with van der Waals surface area (Å²) >= 11 is 0. The molecule has 0 aromatic heterocycles. The Morgan fingerprint density at radius 3 is 2.53 bits per heavy atom. The molecule has 2 unspecified atom stereocenters. The van der Waals surface area contributed by atoms with Gasteiger partial charge in [-0.2, -0.15) is 0 Å². The molecule has 1 saturated heterocycles. The molecule has 1 amide bonds. The number of aliphatic carboxylic acids is 1. The third-order valence-corrected chi connectivity index (χ3v) is 3.36. The van der Waals surface area contributed by atoms with Crippen molar-refractivity contribution in [3.8, 4) is 0 Å². The van der Waals surface area contributed by atoms with Crippen LogP contribution in [0.4, 0.5) is 0 Å². The molecular formula is C11H20N2O4. The zero-order valence-electron chi connectivity index (χ0n) is 10.3. The fourth-order valence-electron chi connectivity index (χ4n) is 1.82. The van der Waals surface area contributed by atoms with Gasteiger partial charge < -0.3 is 20.5 Å². The van der Waals surface area contributed by atoms with Gasteiger partial charge in [0.1, 0.15) is 0 Å². The molecule has 1 aliphatic heterocycles. The Labute approximate surface area is 101 Å².